The zero-order valence-electron chi connectivity index (χ0n) is 17.3. The molecule has 6 nitrogen and oxygen atoms in total. The Morgan fingerprint density at radius 2 is 2.10 bits per heavy atom. The van der Waals surface area contributed by atoms with Crippen LogP contribution in [0.2, 0.25) is 5.02 Å². The molecule has 0 N–H and O–H groups in total. The van der Waals surface area contributed by atoms with Crippen LogP contribution in [0.15, 0.2) is 47.8 Å². The van der Waals surface area contributed by atoms with Crippen molar-refractivity contribution >= 4 is 28.8 Å². The van der Waals surface area contributed by atoms with Gasteiger partial charge in [-0.25, -0.2) is 4.98 Å². The first-order chi connectivity index (χ1) is 15.0. The van der Waals surface area contributed by atoms with Crippen LogP contribution in [0, 0.1) is 0 Å². The van der Waals surface area contributed by atoms with Gasteiger partial charge in [0.2, 0.25) is 6.79 Å². The van der Waals surface area contributed by atoms with Crippen LogP contribution in [0.5, 0.6) is 17.2 Å². The lowest BCUT2D eigenvalue weighted by Gasteiger charge is -2.28. The van der Waals surface area contributed by atoms with E-state index in [0.29, 0.717) is 41.0 Å². The van der Waals surface area contributed by atoms with Crippen molar-refractivity contribution in [3.05, 3.63) is 69.1 Å². The van der Waals surface area contributed by atoms with Crippen LogP contribution in [-0.4, -0.2) is 28.6 Å². The van der Waals surface area contributed by atoms with Gasteiger partial charge in [-0.1, -0.05) is 24.6 Å². The summed E-state index contributed by atoms with van der Waals surface area (Å²) < 4.78 is 16.5. The number of benzene rings is 2. The smallest absolute Gasteiger partial charge is 0.254 e. The number of rotatable bonds is 8. The number of ether oxygens (including phenoxy) is 3. The summed E-state index contributed by atoms with van der Waals surface area (Å²) >= 11 is 7.51. The number of nitrogens with zero attached hydrogens (tertiary/aromatic N) is 2. The summed E-state index contributed by atoms with van der Waals surface area (Å²) in [5.74, 6) is 1.90. The number of aromatic nitrogens is 1. The van der Waals surface area contributed by atoms with Crippen molar-refractivity contribution in [1.82, 2.24) is 9.88 Å². The van der Waals surface area contributed by atoms with Crippen LogP contribution in [0.25, 0.3) is 0 Å². The summed E-state index contributed by atoms with van der Waals surface area (Å²) in [5.41, 5.74) is 1.41. The Kier molecular flexibility index (Phi) is 6.63. The fourth-order valence-corrected chi connectivity index (χ4v) is 4.08. The largest absolute Gasteiger partial charge is 0.486 e. The van der Waals surface area contributed by atoms with Gasteiger partial charge in [-0.05, 0) is 49.7 Å². The number of fused-ring (bicyclic) bond motifs is 1. The van der Waals surface area contributed by atoms with Crippen molar-refractivity contribution in [1.29, 1.82) is 0 Å². The lowest BCUT2D eigenvalue weighted by molar-refractivity contribution is 0.0668. The molecule has 162 valence electrons. The number of hydrogen-bond donors (Lipinski definition) is 0. The van der Waals surface area contributed by atoms with E-state index in [-0.39, 0.29) is 18.7 Å². The lowest BCUT2D eigenvalue weighted by atomic mass is 10.1. The van der Waals surface area contributed by atoms with Gasteiger partial charge in [-0.15, -0.1) is 11.3 Å². The zero-order valence-corrected chi connectivity index (χ0v) is 18.9. The molecule has 4 rings (SSSR count). The Balaban J connectivity index is 1.45. The molecule has 3 aromatic rings. The fourth-order valence-electron chi connectivity index (χ4n) is 3.21. The number of hydrogen-bond acceptors (Lipinski definition) is 6. The molecule has 0 bridgehead atoms. The first-order valence-corrected chi connectivity index (χ1v) is 11.3. The molecule has 2 aromatic carbocycles. The van der Waals surface area contributed by atoms with E-state index in [2.05, 4.69) is 11.9 Å². The molecule has 1 aliphatic rings. The summed E-state index contributed by atoms with van der Waals surface area (Å²) in [6, 6.07) is 12.6. The minimum atomic E-state index is -0.0580. The van der Waals surface area contributed by atoms with Gasteiger partial charge in [0.25, 0.3) is 5.91 Å². The van der Waals surface area contributed by atoms with E-state index in [1.54, 1.807) is 30.3 Å². The molecule has 1 aromatic heterocycles. The highest BCUT2D eigenvalue weighted by Gasteiger charge is 2.24. The number of halogens is 1. The second kappa shape index (κ2) is 9.58. The molecule has 0 saturated carbocycles. The molecule has 0 unspecified atom stereocenters. The standard InChI is InChI=1S/C23H23ClN2O4S/c1-3-15(2)26(23(27)16-7-8-20-21(9-16)30-14-29-20)11-18-13-31-22(25-18)12-28-19-6-4-5-17(24)10-19/h4-10,13,15H,3,11-12,14H2,1-2H3/t15-/m0/s1. The summed E-state index contributed by atoms with van der Waals surface area (Å²) in [6.45, 7) is 5.07. The van der Waals surface area contributed by atoms with E-state index in [1.807, 2.05) is 29.3 Å². The van der Waals surface area contributed by atoms with E-state index < -0.39 is 0 Å². The molecule has 0 fully saturated rings. The van der Waals surface area contributed by atoms with E-state index in [1.165, 1.54) is 11.3 Å². The van der Waals surface area contributed by atoms with Crippen molar-refractivity contribution in [2.75, 3.05) is 6.79 Å². The lowest BCUT2D eigenvalue weighted by Crippen LogP contribution is -2.37. The maximum absolute atomic E-state index is 13.3. The number of carbonyl (C=O) groups is 1. The van der Waals surface area contributed by atoms with Crippen LogP contribution in [0.4, 0.5) is 0 Å². The minimum Gasteiger partial charge on any atom is -0.486 e. The normalized spacial score (nSPS) is 13.1. The molecule has 0 aliphatic carbocycles. The number of carbonyl (C=O) groups excluding carboxylic acids is 1. The maximum Gasteiger partial charge on any atom is 0.254 e. The summed E-state index contributed by atoms with van der Waals surface area (Å²) in [6.07, 6.45) is 0.838. The summed E-state index contributed by atoms with van der Waals surface area (Å²) in [4.78, 5) is 19.8. The monoisotopic (exact) mass is 458 g/mol. The van der Waals surface area contributed by atoms with Gasteiger partial charge in [0, 0.05) is 22.0 Å². The van der Waals surface area contributed by atoms with Gasteiger partial charge in [0.1, 0.15) is 17.4 Å². The minimum absolute atomic E-state index is 0.0580. The molecule has 0 saturated heterocycles. The summed E-state index contributed by atoms with van der Waals surface area (Å²) in [5, 5.41) is 3.44. The Morgan fingerprint density at radius 1 is 1.26 bits per heavy atom. The Hall–Kier alpha value is -2.77. The highest BCUT2D eigenvalue weighted by atomic mass is 35.5. The van der Waals surface area contributed by atoms with Crippen molar-refractivity contribution in [2.24, 2.45) is 0 Å². The van der Waals surface area contributed by atoms with E-state index in [4.69, 9.17) is 25.8 Å². The van der Waals surface area contributed by atoms with Crippen LogP contribution < -0.4 is 14.2 Å². The maximum atomic E-state index is 13.3. The molecule has 1 aliphatic heterocycles. The topological polar surface area (TPSA) is 60.9 Å². The van der Waals surface area contributed by atoms with Crippen molar-refractivity contribution in [2.45, 2.75) is 39.5 Å². The predicted octanol–water partition coefficient (Wildman–Crippen LogP) is 5.55. The van der Waals surface area contributed by atoms with Gasteiger partial charge >= 0.3 is 0 Å². The predicted molar refractivity (Wildman–Crippen MR) is 120 cm³/mol. The molecule has 1 amide bonds. The van der Waals surface area contributed by atoms with Gasteiger partial charge in [0.05, 0.1) is 12.2 Å². The third-order valence-corrected chi connectivity index (χ3v) is 6.20. The first-order valence-electron chi connectivity index (χ1n) is 10.1. The van der Waals surface area contributed by atoms with Gasteiger partial charge in [0.15, 0.2) is 11.5 Å². The molecular weight excluding hydrogens is 436 g/mol. The molecular formula is C23H23ClN2O4S. The fraction of sp³-hybridized carbons (Fsp3) is 0.304. The van der Waals surface area contributed by atoms with Gasteiger partial charge in [-0.3, -0.25) is 4.79 Å². The number of thiazole rings is 1. The molecule has 31 heavy (non-hydrogen) atoms. The van der Waals surface area contributed by atoms with Crippen molar-refractivity contribution < 1.29 is 19.0 Å². The zero-order chi connectivity index (χ0) is 21.8. The van der Waals surface area contributed by atoms with Crippen LogP contribution in [0.1, 0.15) is 41.3 Å². The van der Waals surface area contributed by atoms with Crippen molar-refractivity contribution in [3.8, 4) is 17.2 Å². The quantitative estimate of drug-likeness (QED) is 0.443. The SMILES string of the molecule is CC[C@H](C)N(Cc1csc(COc2cccc(Cl)c2)n1)C(=O)c1ccc2c(c1)OCO2. The average Bonchev–Trinajstić information content (AvgIpc) is 3.43. The molecule has 1 atom stereocenters. The Bertz CT molecular complexity index is 1070. The second-order valence-electron chi connectivity index (χ2n) is 7.24. The first kappa shape index (κ1) is 21.5. The van der Waals surface area contributed by atoms with Crippen molar-refractivity contribution in [3.63, 3.8) is 0 Å². The van der Waals surface area contributed by atoms with E-state index >= 15 is 0 Å². The van der Waals surface area contributed by atoms with Crippen LogP contribution in [0.3, 0.4) is 0 Å². The Morgan fingerprint density at radius 3 is 2.90 bits per heavy atom. The highest BCUT2D eigenvalue weighted by molar-refractivity contribution is 7.09. The second-order valence-corrected chi connectivity index (χ2v) is 8.62. The van der Waals surface area contributed by atoms with E-state index in [0.717, 1.165) is 17.1 Å². The molecule has 2 heterocycles. The molecule has 0 radical (unpaired) electrons. The van der Waals surface area contributed by atoms with Crippen LogP contribution in [-0.2, 0) is 13.2 Å². The molecule has 8 heteroatoms. The van der Waals surface area contributed by atoms with Gasteiger partial charge in [-0.2, -0.15) is 0 Å². The molecule has 0 spiro atoms. The average molecular weight is 459 g/mol. The highest BCUT2D eigenvalue weighted by Crippen LogP contribution is 2.33. The Labute approximate surface area is 190 Å². The third kappa shape index (κ3) is 5.11. The number of amides is 1. The third-order valence-electron chi connectivity index (χ3n) is 5.09. The van der Waals surface area contributed by atoms with E-state index in [9.17, 15) is 4.79 Å². The van der Waals surface area contributed by atoms with Crippen LogP contribution >= 0.6 is 22.9 Å². The summed E-state index contributed by atoms with van der Waals surface area (Å²) in [7, 11) is 0. The van der Waals surface area contributed by atoms with Gasteiger partial charge < -0.3 is 19.1 Å².